The van der Waals surface area contributed by atoms with Crippen molar-refractivity contribution in [2.24, 2.45) is 0 Å². The molecule has 0 amide bonds. The summed E-state index contributed by atoms with van der Waals surface area (Å²) in [6.45, 7) is 12.1. The average molecular weight is 162 g/mol. The summed E-state index contributed by atoms with van der Waals surface area (Å²) < 4.78 is 0. The zero-order chi connectivity index (χ0) is 9.56. The van der Waals surface area contributed by atoms with Crippen LogP contribution >= 0.6 is 0 Å². The number of hydrogen-bond acceptors (Lipinski definition) is 0. The van der Waals surface area contributed by atoms with Gasteiger partial charge in [-0.25, -0.2) is 0 Å². The Morgan fingerprint density at radius 1 is 1.33 bits per heavy atom. The quantitative estimate of drug-likeness (QED) is 0.434. The van der Waals surface area contributed by atoms with Crippen LogP contribution in [0.4, 0.5) is 0 Å². The number of rotatable bonds is 3. The molecule has 0 aromatic carbocycles. The average Bonchev–Trinajstić information content (AvgIpc) is 2.04. The van der Waals surface area contributed by atoms with Gasteiger partial charge in [0.2, 0.25) is 0 Å². The van der Waals surface area contributed by atoms with Crippen molar-refractivity contribution in [1.82, 2.24) is 0 Å². The van der Waals surface area contributed by atoms with Crippen LogP contribution in [-0.4, -0.2) is 0 Å². The van der Waals surface area contributed by atoms with Crippen LogP contribution in [0.5, 0.6) is 0 Å². The summed E-state index contributed by atoms with van der Waals surface area (Å²) in [6.07, 6.45) is 5.24. The van der Waals surface area contributed by atoms with E-state index >= 15 is 0 Å². The first-order valence-electron chi connectivity index (χ1n) is 4.33. The van der Waals surface area contributed by atoms with Gasteiger partial charge in [0, 0.05) is 0 Å². The normalized spacial score (nSPS) is 13.5. The third-order valence-electron chi connectivity index (χ3n) is 2.01. The molecule has 66 valence electrons. The van der Waals surface area contributed by atoms with Crippen molar-refractivity contribution in [3.05, 3.63) is 41.2 Å². The first kappa shape index (κ1) is 11.0. The van der Waals surface area contributed by atoms with Crippen molar-refractivity contribution in [3.63, 3.8) is 0 Å². The molecule has 0 atom stereocenters. The molecule has 0 saturated heterocycles. The van der Waals surface area contributed by atoms with Gasteiger partial charge in [-0.05, 0) is 44.4 Å². The van der Waals surface area contributed by atoms with Crippen molar-refractivity contribution in [3.8, 4) is 0 Å². The second-order valence-corrected chi connectivity index (χ2v) is 2.95. The summed E-state index contributed by atoms with van der Waals surface area (Å²) in [5.41, 5.74) is 6.70. The molecule has 0 radical (unpaired) electrons. The van der Waals surface area contributed by atoms with Gasteiger partial charge in [0.25, 0.3) is 0 Å². The van der Waals surface area contributed by atoms with Gasteiger partial charge in [-0.2, -0.15) is 0 Å². The molecule has 0 fully saturated rings. The summed E-state index contributed by atoms with van der Waals surface area (Å²) in [6, 6.07) is 0. The molecule has 0 aromatic heterocycles. The van der Waals surface area contributed by atoms with Gasteiger partial charge in [0.05, 0.1) is 0 Å². The zero-order valence-electron chi connectivity index (χ0n) is 8.57. The van der Waals surface area contributed by atoms with E-state index in [0.717, 1.165) is 6.42 Å². The highest BCUT2D eigenvalue weighted by atomic mass is 14.0. The van der Waals surface area contributed by atoms with Crippen LogP contribution in [0.3, 0.4) is 0 Å². The van der Waals surface area contributed by atoms with E-state index in [9.17, 15) is 0 Å². The van der Waals surface area contributed by atoms with E-state index in [-0.39, 0.29) is 0 Å². The zero-order valence-corrected chi connectivity index (χ0v) is 8.57. The lowest BCUT2D eigenvalue weighted by molar-refractivity contribution is 1.16. The van der Waals surface area contributed by atoms with E-state index in [2.05, 4.69) is 46.1 Å². The van der Waals surface area contributed by atoms with E-state index in [4.69, 9.17) is 0 Å². The molecule has 0 N–H and O–H groups in total. The Labute approximate surface area is 76.0 Å². The second-order valence-electron chi connectivity index (χ2n) is 2.95. The molecule has 0 unspecified atom stereocenters. The van der Waals surface area contributed by atoms with E-state index in [0.29, 0.717) is 0 Å². The minimum absolute atomic E-state index is 1.09. The highest BCUT2D eigenvalue weighted by Crippen LogP contribution is 2.14. The summed E-state index contributed by atoms with van der Waals surface area (Å²) in [5.74, 6) is 0. The second kappa shape index (κ2) is 5.62. The summed E-state index contributed by atoms with van der Waals surface area (Å²) in [5, 5.41) is 0. The predicted molar refractivity (Wildman–Crippen MR) is 56.1 cm³/mol. The Hall–Kier alpha value is -1.00. The SMILES string of the molecule is C=C=C/C(C)=C(C)\C(C)=C/CC. The van der Waals surface area contributed by atoms with E-state index in [1.54, 1.807) is 0 Å². The maximum Gasteiger partial charge on any atom is -0.0174 e. The molecule has 0 saturated carbocycles. The van der Waals surface area contributed by atoms with Crippen LogP contribution in [0.1, 0.15) is 34.1 Å². The highest BCUT2D eigenvalue weighted by molar-refractivity contribution is 5.35. The molecule has 0 heterocycles. The maximum atomic E-state index is 3.55. The molecule has 0 nitrogen and oxygen atoms in total. The molecule has 0 aromatic rings. The van der Waals surface area contributed by atoms with Crippen LogP contribution in [0.2, 0.25) is 0 Å². The van der Waals surface area contributed by atoms with Crippen LogP contribution in [-0.2, 0) is 0 Å². The molecule has 0 rings (SSSR count). The Bertz CT molecular complexity index is 245. The fourth-order valence-electron chi connectivity index (χ4n) is 1.03. The lowest BCUT2D eigenvalue weighted by Crippen LogP contribution is -1.83. The first-order chi connectivity index (χ1) is 5.63. The van der Waals surface area contributed by atoms with Crippen LogP contribution in [0, 0.1) is 0 Å². The Balaban J connectivity index is 4.77. The molecule has 0 aliphatic rings. The Morgan fingerprint density at radius 3 is 2.33 bits per heavy atom. The molecular weight excluding hydrogens is 144 g/mol. The Kier molecular flexibility index (Phi) is 5.16. The summed E-state index contributed by atoms with van der Waals surface area (Å²) in [4.78, 5) is 0. The fourth-order valence-corrected chi connectivity index (χ4v) is 1.03. The summed E-state index contributed by atoms with van der Waals surface area (Å²) >= 11 is 0. The molecule has 0 spiro atoms. The van der Waals surface area contributed by atoms with Crippen LogP contribution in [0.25, 0.3) is 0 Å². The molecular formula is C12H18. The minimum atomic E-state index is 1.09. The van der Waals surface area contributed by atoms with Crippen LogP contribution in [0.15, 0.2) is 41.2 Å². The smallest absolute Gasteiger partial charge is 0.0174 e. The standard InChI is InChI=1S/C12H18/c1-6-8-10(3)12(5)11(4)9-7-2/h8-9H,1,7H2,2-5H3/b11-9-,12-10-. The number of allylic oxidation sites excluding steroid dienone is 5. The van der Waals surface area contributed by atoms with Gasteiger partial charge < -0.3 is 0 Å². The van der Waals surface area contributed by atoms with Crippen molar-refractivity contribution in [2.75, 3.05) is 0 Å². The Morgan fingerprint density at radius 2 is 1.92 bits per heavy atom. The molecule has 0 heteroatoms. The molecule has 0 aliphatic heterocycles. The monoisotopic (exact) mass is 162 g/mol. The van der Waals surface area contributed by atoms with Gasteiger partial charge in [0.15, 0.2) is 0 Å². The van der Waals surface area contributed by atoms with Gasteiger partial charge in [0.1, 0.15) is 0 Å². The first-order valence-corrected chi connectivity index (χ1v) is 4.33. The molecule has 0 bridgehead atoms. The van der Waals surface area contributed by atoms with Crippen molar-refractivity contribution in [2.45, 2.75) is 34.1 Å². The van der Waals surface area contributed by atoms with Gasteiger partial charge in [-0.3, -0.25) is 0 Å². The highest BCUT2D eigenvalue weighted by Gasteiger charge is 1.94. The maximum absolute atomic E-state index is 3.55. The van der Waals surface area contributed by atoms with Crippen molar-refractivity contribution >= 4 is 0 Å². The lowest BCUT2D eigenvalue weighted by Gasteiger charge is -2.03. The summed E-state index contributed by atoms with van der Waals surface area (Å²) in [7, 11) is 0. The van der Waals surface area contributed by atoms with Gasteiger partial charge in [-0.15, -0.1) is 5.73 Å². The fraction of sp³-hybridized carbons (Fsp3) is 0.417. The van der Waals surface area contributed by atoms with Crippen molar-refractivity contribution in [1.29, 1.82) is 0 Å². The van der Waals surface area contributed by atoms with E-state index in [1.165, 1.54) is 16.7 Å². The lowest BCUT2D eigenvalue weighted by atomic mass is 10.0. The minimum Gasteiger partial charge on any atom is -0.128 e. The topological polar surface area (TPSA) is 0 Å². The molecule has 12 heavy (non-hydrogen) atoms. The third kappa shape index (κ3) is 3.41. The largest absolute Gasteiger partial charge is 0.128 e. The third-order valence-corrected chi connectivity index (χ3v) is 2.01. The van der Waals surface area contributed by atoms with E-state index < -0.39 is 0 Å². The van der Waals surface area contributed by atoms with Gasteiger partial charge >= 0.3 is 0 Å². The predicted octanol–water partition coefficient (Wildman–Crippen LogP) is 4.02. The molecule has 0 aliphatic carbocycles. The van der Waals surface area contributed by atoms with E-state index in [1.807, 2.05) is 6.08 Å². The number of hydrogen-bond donors (Lipinski definition) is 0. The van der Waals surface area contributed by atoms with Crippen molar-refractivity contribution < 1.29 is 0 Å². The van der Waals surface area contributed by atoms with Crippen LogP contribution < -0.4 is 0 Å². The van der Waals surface area contributed by atoms with Gasteiger partial charge in [-0.1, -0.05) is 25.2 Å².